The Morgan fingerprint density at radius 3 is 2.29 bits per heavy atom. The highest BCUT2D eigenvalue weighted by molar-refractivity contribution is 6.30. The molecule has 5 nitrogen and oxygen atoms in total. The lowest BCUT2D eigenvalue weighted by Crippen LogP contribution is -2.42. The van der Waals surface area contributed by atoms with Crippen molar-refractivity contribution in [2.75, 3.05) is 6.54 Å². The van der Waals surface area contributed by atoms with Crippen LogP contribution in [0.2, 0.25) is 5.02 Å². The van der Waals surface area contributed by atoms with E-state index in [2.05, 4.69) is 10.6 Å². The summed E-state index contributed by atoms with van der Waals surface area (Å²) in [4.78, 5) is 35.5. The Hall–Kier alpha value is -1.88. The molecule has 6 heteroatoms. The number of hydrogen-bond donors (Lipinski definition) is 2. The van der Waals surface area contributed by atoms with E-state index in [1.54, 1.807) is 24.3 Å². The zero-order valence-corrected chi connectivity index (χ0v) is 14.4. The van der Waals surface area contributed by atoms with E-state index in [1.165, 1.54) is 6.42 Å². The second kappa shape index (κ2) is 9.42. The van der Waals surface area contributed by atoms with Crippen LogP contribution >= 0.6 is 11.6 Å². The van der Waals surface area contributed by atoms with E-state index in [0.29, 0.717) is 10.6 Å². The van der Waals surface area contributed by atoms with Crippen molar-refractivity contribution in [2.24, 2.45) is 0 Å². The molecular weight excluding hydrogens is 328 g/mol. The molecule has 0 radical (unpaired) electrons. The summed E-state index contributed by atoms with van der Waals surface area (Å²) in [6.45, 7) is -0.0372. The van der Waals surface area contributed by atoms with Crippen molar-refractivity contribution in [1.29, 1.82) is 0 Å². The molecular formula is C18H23ClN2O3. The highest BCUT2D eigenvalue weighted by atomic mass is 35.5. The molecule has 0 aromatic heterocycles. The SMILES string of the molecule is O=C(CCC(=O)c1ccc(Cl)cc1)NCC(=O)NC1CCCCC1. The molecule has 2 amide bonds. The van der Waals surface area contributed by atoms with Gasteiger partial charge in [0, 0.05) is 29.5 Å². The molecule has 0 atom stereocenters. The number of carbonyl (C=O) groups is 3. The lowest BCUT2D eigenvalue weighted by molar-refractivity contribution is -0.126. The molecule has 2 rings (SSSR count). The number of amides is 2. The van der Waals surface area contributed by atoms with Crippen LogP contribution in [0.5, 0.6) is 0 Å². The van der Waals surface area contributed by atoms with Crippen LogP contribution in [0, 0.1) is 0 Å². The lowest BCUT2D eigenvalue weighted by atomic mass is 9.95. The van der Waals surface area contributed by atoms with Crippen LogP contribution in [-0.2, 0) is 9.59 Å². The van der Waals surface area contributed by atoms with E-state index in [4.69, 9.17) is 11.6 Å². The van der Waals surface area contributed by atoms with Gasteiger partial charge < -0.3 is 10.6 Å². The quantitative estimate of drug-likeness (QED) is 0.742. The van der Waals surface area contributed by atoms with Gasteiger partial charge in [-0.1, -0.05) is 30.9 Å². The monoisotopic (exact) mass is 350 g/mol. The summed E-state index contributed by atoms with van der Waals surface area (Å²) < 4.78 is 0. The highest BCUT2D eigenvalue weighted by Gasteiger charge is 2.16. The topological polar surface area (TPSA) is 75.3 Å². The first-order chi connectivity index (χ1) is 11.5. The molecule has 24 heavy (non-hydrogen) atoms. The molecule has 2 N–H and O–H groups in total. The van der Waals surface area contributed by atoms with Crippen LogP contribution in [0.25, 0.3) is 0 Å². The van der Waals surface area contributed by atoms with Gasteiger partial charge in [-0.25, -0.2) is 0 Å². The van der Waals surface area contributed by atoms with Crippen LogP contribution in [-0.4, -0.2) is 30.2 Å². The van der Waals surface area contributed by atoms with E-state index >= 15 is 0 Å². The van der Waals surface area contributed by atoms with Crippen molar-refractivity contribution in [3.63, 3.8) is 0 Å². The summed E-state index contributed by atoms with van der Waals surface area (Å²) in [7, 11) is 0. The molecule has 1 aliphatic carbocycles. The normalized spacial score (nSPS) is 14.9. The molecule has 1 fully saturated rings. The molecule has 0 heterocycles. The van der Waals surface area contributed by atoms with E-state index in [-0.39, 0.29) is 43.0 Å². The number of halogens is 1. The van der Waals surface area contributed by atoms with Gasteiger partial charge in [0.2, 0.25) is 11.8 Å². The minimum Gasteiger partial charge on any atom is -0.352 e. The van der Waals surface area contributed by atoms with Crippen molar-refractivity contribution in [3.8, 4) is 0 Å². The fraction of sp³-hybridized carbons (Fsp3) is 0.500. The zero-order chi connectivity index (χ0) is 17.4. The predicted molar refractivity (Wildman–Crippen MR) is 93.0 cm³/mol. The Morgan fingerprint density at radius 2 is 1.62 bits per heavy atom. The van der Waals surface area contributed by atoms with Crippen LogP contribution in [0.1, 0.15) is 55.3 Å². The summed E-state index contributed by atoms with van der Waals surface area (Å²) in [5.74, 6) is -0.580. The molecule has 0 saturated heterocycles. The number of Topliss-reactive ketones (excluding diaryl/α,β-unsaturated/α-hetero) is 1. The second-order valence-corrected chi connectivity index (χ2v) is 6.55. The van der Waals surface area contributed by atoms with E-state index in [1.807, 2.05) is 0 Å². The summed E-state index contributed by atoms with van der Waals surface area (Å²) in [5, 5.41) is 6.06. The number of benzene rings is 1. The van der Waals surface area contributed by atoms with Gasteiger partial charge in [0.1, 0.15) is 0 Å². The first kappa shape index (κ1) is 18.5. The molecule has 0 unspecified atom stereocenters. The smallest absolute Gasteiger partial charge is 0.239 e. The third-order valence-corrected chi connectivity index (χ3v) is 4.41. The van der Waals surface area contributed by atoms with Crippen LogP contribution in [0.15, 0.2) is 24.3 Å². The molecule has 0 bridgehead atoms. The van der Waals surface area contributed by atoms with Gasteiger partial charge in [-0.2, -0.15) is 0 Å². The van der Waals surface area contributed by atoms with Crippen LogP contribution in [0.4, 0.5) is 0 Å². The van der Waals surface area contributed by atoms with Gasteiger partial charge >= 0.3 is 0 Å². The Bertz CT molecular complexity index is 580. The Labute approximate surface area is 147 Å². The van der Waals surface area contributed by atoms with Crippen molar-refractivity contribution < 1.29 is 14.4 Å². The predicted octanol–water partition coefficient (Wildman–Crippen LogP) is 2.87. The number of hydrogen-bond acceptors (Lipinski definition) is 3. The molecule has 1 aromatic carbocycles. The first-order valence-corrected chi connectivity index (χ1v) is 8.77. The van der Waals surface area contributed by atoms with Gasteiger partial charge in [0.15, 0.2) is 5.78 Å². The summed E-state index contributed by atoms with van der Waals surface area (Å²) >= 11 is 5.77. The average molecular weight is 351 g/mol. The van der Waals surface area contributed by atoms with Gasteiger partial charge in [0.25, 0.3) is 0 Å². The largest absolute Gasteiger partial charge is 0.352 e. The van der Waals surface area contributed by atoms with Crippen LogP contribution < -0.4 is 10.6 Å². The average Bonchev–Trinajstić information content (AvgIpc) is 2.59. The Balaban J connectivity index is 1.64. The van der Waals surface area contributed by atoms with Gasteiger partial charge in [-0.15, -0.1) is 0 Å². The number of nitrogens with one attached hydrogen (secondary N) is 2. The molecule has 0 spiro atoms. The lowest BCUT2D eigenvalue weighted by Gasteiger charge is -2.22. The Kier molecular flexibility index (Phi) is 7.25. The highest BCUT2D eigenvalue weighted by Crippen LogP contribution is 2.17. The maximum Gasteiger partial charge on any atom is 0.239 e. The molecule has 1 saturated carbocycles. The number of rotatable bonds is 7. The van der Waals surface area contributed by atoms with E-state index in [0.717, 1.165) is 25.7 Å². The summed E-state index contributed by atoms with van der Waals surface area (Å²) in [6, 6.07) is 6.80. The van der Waals surface area contributed by atoms with Gasteiger partial charge in [-0.3, -0.25) is 14.4 Å². The molecule has 130 valence electrons. The van der Waals surface area contributed by atoms with Crippen molar-refractivity contribution in [3.05, 3.63) is 34.9 Å². The van der Waals surface area contributed by atoms with Gasteiger partial charge in [-0.05, 0) is 37.1 Å². The van der Waals surface area contributed by atoms with Crippen LogP contribution in [0.3, 0.4) is 0 Å². The molecule has 0 aliphatic heterocycles. The second-order valence-electron chi connectivity index (χ2n) is 6.11. The van der Waals surface area contributed by atoms with Gasteiger partial charge in [0.05, 0.1) is 6.54 Å². The summed E-state index contributed by atoms with van der Waals surface area (Å²) in [6.07, 6.45) is 5.71. The minimum absolute atomic E-state index is 0.0372. The van der Waals surface area contributed by atoms with E-state index < -0.39 is 0 Å². The van der Waals surface area contributed by atoms with Crippen molar-refractivity contribution >= 4 is 29.2 Å². The summed E-state index contributed by atoms with van der Waals surface area (Å²) in [5.41, 5.74) is 0.530. The first-order valence-electron chi connectivity index (χ1n) is 8.39. The maximum absolute atomic E-state index is 12.0. The van der Waals surface area contributed by atoms with E-state index in [9.17, 15) is 14.4 Å². The fourth-order valence-corrected chi connectivity index (χ4v) is 2.93. The number of ketones is 1. The standard InChI is InChI=1S/C18H23ClN2O3/c19-14-8-6-13(7-9-14)16(22)10-11-17(23)20-12-18(24)21-15-4-2-1-3-5-15/h6-9,15H,1-5,10-12H2,(H,20,23)(H,21,24). The fourth-order valence-electron chi connectivity index (χ4n) is 2.80. The minimum atomic E-state index is -0.295. The Morgan fingerprint density at radius 1 is 0.958 bits per heavy atom. The number of carbonyl (C=O) groups excluding carboxylic acids is 3. The molecule has 1 aliphatic rings. The zero-order valence-electron chi connectivity index (χ0n) is 13.6. The maximum atomic E-state index is 12.0. The third-order valence-electron chi connectivity index (χ3n) is 4.16. The third kappa shape index (κ3) is 6.32. The van der Waals surface area contributed by atoms with Crippen molar-refractivity contribution in [2.45, 2.75) is 51.0 Å². The van der Waals surface area contributed by atoms with Crippen molar-refractivity contribution in [1.82, 2.24) is 10.6 Å². The molecule has 1 aromatic rings.